The first-order valence-electron chi connectivity index (χ1n) is 5.42. The minimum absolute atomic E-state index is 0.102. The van der Waals surface area contributed by atoms with Crippen LogP contribution in [0, 0.1) is 0 Å². The third kappa shape index (κ3) is 5.54. The normalized spacial score (nSPS) is 9.83. The van der Waals surface area contributed by atoms with Crippen molar-refractivity contribution in [1.29, 1.82) is 0 Å². The molecule has 1 amide bonds. The van der Waals surface area contributed by atoms with Crippen LogP contribution in [0.1, 0.15) is 12.8 Å². The molecule has 0 fully saturated rings. The van der Waals surface area contributed by atoms with E-state index in [1.54, 1.807) is 24.3 Å². The highest BCUT2D eigenvalue weighted by Gasteiger charge is 2.03. The van der Waals surface area contributed by atoms with Crippen LogP contribution in [0.25, 0.3) is 0 Å². The third-order valence-electron chi connectivity index (χ3n) is 2.04. The summed E-state index contributed by atoms with van der Waals surface area (Å²) in [5.74, 6) is -0.241. The van der Waals surface area contributed by atoms with E-state index < -0.39 is 5.97 Å². The fourth-order valence-electron chi connectivity index (χ4n) is 1.23. The minimum Gasteiger partial charge on any atom is -0.482 e. The molecule has 0 aromatic heterocycles. The molecule has 5 nitrogen and oxygen atoms in total. The second-order valence-corrected chi connectivity index (χ2v) is 3.93. The van der Waals surface area contributed by atoms with E-state index in [4.69, 9.17) is 21.4 Å². The summed E-state index contributed by atoms with van der Waals surface area (Å²) in [5.41, 5.74) is 0.636. The van der Waals surface area contributed by atoms with Crippen molar-refractivity contribution in [2.45, 2.75) is 12.8 Å². The van der Waals surface area contributed by atoms with Crippen molar-refractivity contribution < 1.29 is 19.4 Å². The van der Waals surface area contributed by atoms with E-state index in [9.17, 15) is 9.59 Å². The first-order valence-corrected chi connectivity index (χ1v) is 5.95. The van der Waals surface area contributed by atoms with Gasteiger partial charge in [0.1, 0.15) is 5.75 Å². The van der Waals surface area contributed by atoms with Gasteiger partial charge in [-0.2, -0.15) is 0 Å². The first kappa shape index (κ1) is 14.3. The number of aliphatic carboxylic acids is 1. The Balaban J connectivity index is 2.44. The lowest BCUT2D eigenvalue weighted by molar-refractivity contribution is -0.139. The van der Waals surface area contributed by atoms with Crippen molar-refractivity contribution in [3.8, 4) is 5.75 Å². The fraction of sp³-hybridized carbons (Fsp3) is 0.333. The van der Waals surface area contributed by atoms with Gasteiger partial charge in [0.15, 0.2) is 6.61 Å². The second kappa shape index (κ2) is 7.55. The number of benzene rings is 1. The number of carbonyl (C=O) groups excluding carboxylic acids is 1. The summed E-state index contributed by atoms with van der Waals surface area (Å²) in [5, 5.41) is 11.1. The molecular formula is C12H14ClNO4. The van der Waals surface area contributed by atoms with Crippen LogP contribution in [-0.2, 0) is 9.59 Å². The van der Waals surface area contributed by atoms with Crippen molar-refractivity contribution in [1.82, 2.24) is 0 Å². The summed E-state index contributed by atoms with van der Waals surface area (Å²) in [4.78, 5) is 21.7. The van der Waals surface area contributed by atoms with Crippen LogP contribution in [0.15, 0.2) is 24.3 Å². The standard InChI is InChI=1S/C12H14ClNO4/c13-7-1-2-11(15)14-9-3-5-10(6-4-9)18-8-12(16)17/h3-6H,1-2,7-8H2,(H,14,15)(H,16,17). The highest BCUT2D eigenvalue weighted by Crippen LogP contribution is 2.15. The zero-order valence-corrected chi connectivity index (χ0v) is 10.4. The number of carbonyl (C=O) groups is 2. The molecule has 1 rings (SSSR count). The maximum absolute atomic E-state index is 11.4. The van der Waals surface area contributed by atoms with Crippen LogP contribution in [0.3, 0.4) is 0 Å². The molecule has 0 unspecified atom stereocenters. The number of hydrogen-bond donors (Lipinski definition) is 2. The largest absolute Gasteiger partial charge is 0.482 e. The van der Waals surface area contributed by atoms with Crippen LogP contribution < -0.4 is 10.1 Å². The predicted molar refractivity (Wildman–Crippen MR) is 68.2 cm³/mol. The van der Waals surface area contributed by atoms with Gasteiger partial charge in [0.2, 0.25) is 5.91 Å². The van der Waals surface area contributed by atoms with E-state index in [0.29, 0.717) is 30.2 Å². The van der Waals surface area contributed by atoms with Crippen LogP contribution in [0.2, 0.25) is 0 Å². The second-order valence-electron chi connectivity index (χ2n) is 3.55. The van der Waals surface area contributed by atoms with E-state index in [2.05, 4.69) is 5.32 Å². The van der Waals surface area contributed by atoms with Crippen LogP contribution in [0.5, 0.6) is 5.75 Å². The molecule has 0 aliphatic rings. The number of carboxylic acids is 1. The van der Waals surface area contributed by atoms with E-state index in [1.165, 1.54) is 0 Å². The number of anilines is 1. The smallest absolute Gasteiger partial charge is 0.341 e. The molecular weight excluding hydrogens is 258 g/mol. The van der Waals surface area contributed by atoms with E-state index in [1.807, 2.05) is 0 Å². The Labute approximate surface area is 110 Å². The van der Waals surface area contributed by atoms with Crippen molar-refractivity contribution in [3.63, 3.8) is 0 Å². The van der Waals surface area contributed by atoms with Gasteiger partial charge in [-0.05, 0) is 30.7 Å². The number of carboxylic acid groups (broad SMARTS) is 1. The van der Waals surface area contributed by atoms with Gasteiger partial charge in [0.25, 0.3) is 0 Å². The van der Waals surface area contributed by atoms with Gasteiger partial charge in [0.05, 0.1) is 0 Å². The summed E-state index contributed by atoms with van der Waals surface area (Å²) in [7, 11) is 0. The molecule has 6 heteroatoms. The van der Waals surface area contributed by atoms with Crippen molar-refractivity contribution in [2.24, 2.45) is 0 Å². The Kier molecular flexibility index (Phi) is 6.00. The number of halogens is 1. The number of ether oxygens (including phenoxy) is 1. The quantitative estimate of drug-likeness (QED) is 0.745. The lowest BCUT2D eigenvalue weighted by Crippen LogP contribution is -2.11. The molecule has 0 heterocycles. The summed E-state index contributed by atoms with van der Waals surface area (Å²) in [6.07, 6.45) is 1.01. The SMILES string of the molecule is O=C(O)COc1ccc(NC(=O)CCCCl)cc1. The van der Waals surface area contributed by atoms with Gasteiger partial charge in [0, 0.05) is 18.0 Å². The first-order chi connectivity index (χ1) is 8.61. The molecule has 98 valence electrons. The molecule has 0 saturated carbocycles. The van der Waals surface area contributed by atoms with E-state index in [-0.39, 0.29) is 12.5 Å². The Morgan fingerprint density at radius 3 is 2.50 bits per heavy atom. The molecule has 0 spiro atoms. The van der Waals surface area contributed by atoms with Crippen LogP contribution in [-0.4, -0.2) is 29.5 Å². The van der Waals surface area contributed by atoms with Crippen LogP contribution in [0.4, 0.5) is 5.69 Å². The van der Waals surface area contributed by atoms with Gasteiger partial charge in [-0.1, -0.05) is 0 Å². The van der Waals surface area contributed by atoms with Crippen molar-refractivity contribution in [2.75, 3.05) is 17.8 Å². The molecule has 0 saturated heterocycles. The highest BCUT2D eigenvalue weighted by atomic mass is 35.5. The minimum atomic E-state index is -1.03. The van der Waals surface area contributed by atoms with E-state index >= 15 is 0 Å². The average molecular weight is 272 g/mol. The topological polar surface area (TPSA) is 75.6 Å². The summed E-state index contributed by atoms with van der Waals surface area (Å²) < 4.78 is 4.96. The number of hydrogen-bond acceptors (Lipinski definition) is 3. The van der Waals surface area contributed by atoms with Crippen molar-refractivity contribution in [3.05, 3.63) is 24.3 Å². The Morgan fingerprint density at radius 1 is 1.28 bits per heavy atom. The monoisotopic (exact) mass is 271 g/mol. The Bertz CT molecular complexity index is 405. The summed E-state index contributed by atoms with van der Waals surface area (Å²) >= 11 is 5.49. The molecule has 2 N–H and O–H groups in total. The molecule has 0 radical (unpaired) electrons. The molecule has 18 heavy (non-hydrogen) atoms. The van der Waals surface area contributed by atoms with E-state index in [0.717, 1.165) is 0 Å². The average Bonchev–Trinajstić information content (AvgIpc) is 2.35. The highest BCUT2D eigenvalue weighted by molar-refractivity contribution is 6.18. The zero-order chi connectivity index (χ0) is 13.4. The van der Waals surface area contributed by atoms with Gasteiger partial charge in [-0.25, -0.2) is 4.79 Å². The summed E-state index contributed by atoms with van der Waals surface area (Å²) in [6, 6.07) is 6.49. The van der Waals surface area contributed by atoms with Gasteiger partial charge >= 0.3 is 5.97 Å². The number of amides is 1. The fourth-order valence-corrected chi connectivity index (χ4v) is 1.36. The molecule has 1 aromatic rings. The van der Waals surface area contributed by atoms with Gasteiger partial charge in [-0.3, -0.25) is 4.79 Å². The number of rotatable bonds is 7. The van der Waals surface area contributed by atoms with Crippen LogP contribution >= 0.6 is 11.6 Å². The maximum Gasteiger partial charge on any atom is 0.341 e. The van der Waals surface area contributed by atoms with Gasteiger partial charge < -0.3 is 15.2 Å². The molecule has 0 aliphatic heterocycles. The number of nitrogens with one attached hydrogen (secondary N) is 1. The molecule has 0 bridgehead atoms. The zero-order valence-electron chi connectivity index (χ0n) is 9.69. The maximum atomic E-state index is 11.4. The predicted octanol–water partition coefficient (Wildman–Crippen LogP) is 2.11. The molecule has 0 aliphatic carbocycles. The Hall–Kier alpha value is -1.75. The lowest BCUT2D eigenvalue weighted by atomic mass is 10.2. The third-order valence-corrected chi connectivity index (χ3v) is 2.31. The van der Waals surface area contributed by atoms with Crippen molar-refractivity contribution >= 4 is 29.2 Å². The summed E-state index contributed by atoms with van der Waals surface area (Å²) in [6.45, 7) is -0.387. The Morgan fingerprint density at radius 2 is 1.94 bits per heavy atom. The molecule has 1 aromatic carbocycles. The number of alkyl halides is 1. The molecule has 0 atom stereocenters. The lowest BCUT2D eigenvalue weighted by Gasteiger charge is -2.06. The van der Waals surface area contributed by atoms with Gasteiger partial charge in [-0.15, -0.1) is 11.6 Å².